The van der Waals surface area contributed by atoms with E-state index in [2.05, 4.69) is 22.3 Å². The van der Waals surface area contributed by atoms with Crippen molar-refractivity contribution < 1.29 is 14.3 Å². The number of nitrogens with zero attached hydrogens (tertiary/aromatic N) is 1. The van der Waals surface area contributed by atoms with E-state index in [-0.39, 0.29) is 17.8 Å². The maximum absolute atomic E-state index is 13.2. The fourth-order valence-electron chi connectivity index (χ4n) is 4.17. The first kappa shape index (κ1) is 19.1. The van der Waals surface area contributed by atoms with Gasteiger partial charge in [0.1, 0.15) is 5.82 Å². The molecule has 0 bridgehead atoms. The number of piperidine rings is 1. The number of carbonyl (C=O) groups excluding carboxylic acids is 1. The van der Waals surface area contributed by atoms with E-state index in [0.717, 1.165) is 18.7 Å². The molecule has 2 N–H and O–H groups in total. The van der Waals surface area contributed by atoms with Crippen LogP contribution in [0.5, 0.6) is 0 Å². The van der Waals surface area contributed by atoms with Gasteiger partial charge in [-0.15, -0.1) is 0 Å². The number of benzene rings is 2. The molecule has 1 saturated carbocycles. The molecule has 5 heteroatoms. The second-order valence-electron chi connectivity index (χ2n) is 8.36. The van der Waals surface area contributed by atoms with Crippen LogP contribution in [0.25, 0.3) is 0 Å². The summed E-state index contributed by atoms with van der Waals surface area (Å²) in [6, 6.07) is 15.0. The molecule has 2 aromatic rings. The Morgan fingerprint density at radius 2 is 1.86 bits per heavy atom. The highest BCUT2D eigenvalue weighted by molar-refractivity contribution is 5.94. The van der Waals surface area contributed by atoms with Crippen molar-refractivity contribution in [1.29, 1.82) is 0 Å². The molecule has 0 aromatic heterocycles. The largest absolute Gasteiger partial charge is 0.388 e. The molecule has 2 aromatic carbocycles. The van der Waals surface area contributed by atoms with Gasteiger partial charge in [0.25, 0.3) is 5.91 Å². The van der Waals surface area contributed by atoms with Crippen molar-refractivity contribution in [1.82, 2.24) is 10.2 Å². The summed E-state index contributed by atoms with van der Waals surface area (Å²) in [5, 5.41) is 14.2. The van der Waals surface area contributed by atoms with Crippen LogP contribution in [0.4, 0.5) is 4.39 Å². The van der Waals surface area contributed by atoms with Crippen LogP contribution in [0, 0.1) is 11.7 Å². The lowest BCUT2D eigenvalue weighted by Gasteiger charge is -2.49. The summed E-state index contributed by atoms with van der Waals surface area (Å²) in [5.74, 6) is 0.0428. The number of rotatable bonds is 5. The summed E-state index contributed by atoms with van der Waals surface area (Å²) in [6.45, 7) is 3.58. The molecule has 1 amide bonds. The van der Waals surface area contributed by atoms with Crippen molar-refractivity contribution >= 4 is 5.91 Å². The molecule has 3 atom stereocenters. The molecule has 0 spiro atoms. The summed E-state index contributed by atoms with van der Waals surface area (Å²) in [5.41, 5.74) is 0.451. The maximum Gasteiger partial charge on any atom is 0.251 e. The Morgan fingerprint density at radius 1 is 1.18 bits per heavy atom. The van der Waals surface area contributed by atoms with Crippen LogP contribution in [0.1, 0.15) is 48.1 Å². The topological polar surface area (TPSA) is 52.6 Å². The Labute approximate surface area is 165 Å². The Bertz CT molecular complexity index is 818. The van der Waals surface area contributed by atoms with Crippen LogP contribution in [-0.4, -0.2) is 40.6 Å². The highest BCUT2D eigenvalue weighted by Crippen LogP contribution is 2.40. The fourth-order valence-corrected chi connectivity index (χ4v) is 4.17. The van der Waals surface area contributed by atoms with E-state index in [4.69, 9.17) is 0 Å². The third kappa shape index (κ3) is 4.10. The van der Waals surface area contributed by atoms with E-state index in [0.29, 0.717) is 17.9 Å². The number of halogens is 1. The Kier molecular flexibility index (Phi) is 5.21. The van der Waals surface area contributed by atoms with Gasteiger partial charge in [-0.25, -0.2) is 4.39 Å². The molecule has 1 saturated heterocycles. The lowest BCUT2D eigenvalue weighted by atomic mass is 9.79. The van der Waals surface area contributed by atoms with Crippen molar-refractivity contribution in [2.24, 2.45) is 5.92 Å². The van der Waals surface area contributed by atoms with Gasteiger partial charge < -0.3 is 10.4 Å². The molecular weight excluding hydrogens is 355 g/mol. The van der Waals surface area contributed by atoms with E-state index in [1.807, 2.05) is 18.2 Å². The van der Waals surface area contributed by atoms with Crippen LogP contribution in [0.15, 0.2) is 54.6 Å². The van der Waals surface area contributed by atoms with Crippen molar-refractivity contribution in [2.45, 2.75) is 43.9 Å². The number of hydrogen-bond acceptors (Lipinski definition) is 3. The van der Waals surface area contributed by atoms with E-state index in [1.54, 1.807) is 6.92 Å². The van der Waals surface area contributed by atoms with Crippen LogP contribution in [0.2, 0.25) is 0 Å². The number of nitrogens with one attached hydrogen (secondary N) is 1. The predicted molar refractivity (Wildman–Crippen MR) is 106 cm³/mol. The van der Waals surface area contributed by atoms with E-state index >= 15 is 0 Å². The van der Waals surface area contributed by atoms with Gasteiger partial charge in [-0.1, -0.05) is 30.3 Å². The van der Waals surface area contributed by atoms with Gasteiger partial charge in [-0.05, 0) is 61.9 Å². The summed E-state index contributed by atoms with van der Waals surface area (Å²) in [6.07, 6.45) is 3.10. The van der Waals surface area contributed by atoms with Crippen LogP contribution < -0.4 is 5.32 Å². The van der Waals surface area contributed by atoms with Crippen LogP contribution in [0.3, 0.4) is 0 Å². The van der Waals surface area contributed by atoms with Gasteiger partial charge in [0.15, 0.2) is 0 Å². The average Bonchev–Trinajstić information content (AvgIpc) is 3.50. The lowest BCUT2D eigenvalue weighted by Crippen LogP contribution is -2.62. The number of aliphatic hydroxyl groups is 1. The van der Waals surface area contributed by atoms with Crippen molar-refractivity contribution in [3.63, 3.8) is 0 Å². The third-order valence-electron chi connectivity index (χ3n) is 6.01. The summed E-state index contributed by atoms with van der Waals surface area (Å²) >= 11 is 0. The van der Waals surface area contributed by atoms with Crippen molar-refractivity contribution in [3.8, 4) is 0 Å². The number of likely N-dealkylation sites (tertiary alicyclic amines) is 1. The molecule has 0 radical (unpaired) electrons. The molecule has 2 fully saturated rings. The smallest absolute Gasteiger partial charge is 0.251 e. The average molecular weight is 382 g/mol. The zero-order valence-corrected chi connectivity index (χ0v) is 16.1. The highest BCUT2D eigenvalue weighted by Gasteiger charge is 2.47. The first-order valence-electron chi connectivity index (χ1n) is 10.0. The Morgan fingerprint density at radius 3 is 2.50 bits per heavy atom. The molecule has 1 aliphatic heterocycles. The molecule has 148 valence electrons. The van der Waals surface area contributed by atoms with Gasteiger partial charge in [0.2, 0.25) is 0 Å². The second kappa shape index (κ2) is 7.64. The third-order valence-corrected chi connectivity index (χ3v) is 6.01. The maximum atomic E-state index is 13.2. The van der Waals surface area contributed by atoms with Crippen LogP contribution in [-0.2, 0) is 0 Å². The summed E-state index contributed by atoms with van der Waals surface area (Å²) < 4.78 is 13.2. The molecule has 0 unspecified atom stereocenters. The standard InChI is InChI=1S/C23H27FN2O2/c1-23(28)13-14-26(15-16-7-8-16)20(17-5-3-2-4-6-17)21(23)25-22(27)18-9-11-19(24)12-10-18/h2-6,9-12,16,20-21,28H,7-8,13-15H2,1H3,(H,25,27)/t20-,21-,23+/m0/s1. The molecule has 1 heterocycles. The molecule has 4 nitrogen and oxygen atoms in total. The Balaban J connectivity index is 1.64. The second-order valence-corrected chi connectivity index (χ2v) is 8.36. The molecule has 28 heavy (non-hydrogen) atoms. The lowest BCUT2D eigenvalue weighted by molar-refractivity contribution is -0.0650. The zero-order chi connectivity index (χ0) is 19.7. The van der Waals surface area contributed by atoms with Crippen molar-refractivity contribution in [3.05, 3.63) is 71.5 Å². The number of amides is 1. The minimum absolute atomic E-state index is 0.102. The molecule has 2 aliphatic rings. The fraction of sp³-hybridized carbons (Fsp3) is 0.435. The minimum atomic E-state index is -1.03. The molecule has 1 aliphatic carbocycles. The normalized spacial score (nSPS) is 28.1. The first-order chi connectivity index (χ1) is 13.4. The zero-order valence-electron chi connectivity index (χ0n) is 16.1. The molecular formula is C23H27FN2O2. The Hall–Kier alpha value is -2.24. The summed E-state index contributed by atoms with van der Waals surface area (Å²) in [4.78, 5) is 15.3. The number of hydrogen-bond donors (Lipinski definition) is 2. The quantitative estimate of drug-likeness (QED) is 0.832. The number of carbonyl (C=O) groups is 1. The molecule has 4 rings (SSSR count). The summed E-state index contributed by atoms with van der Waals surface area (Å²) in [7, 11) is 0. The van der Waals surface area contributed by atoms with Gasteiger partial charge in [0, 0.05) is 18.7 Å². The SMILES string of the molecule is C[C@@]1(O)CCN(CC2CC2)[C@@H](c2ccccc2)[C@@H]1NC(=O)c1ccc(F)cc1. The van der Waals surface area contributed by atoms with Gasteiger partial charge >= 0.3 is 0 Å². The van der Waals surface area contributed by atoms with Gasteiger partial charge in [-0.3, -0.25) is 9.69 Å². The van der Waals surface area contributed by atoms with Gasteiger partial charge in [0.05, 0.1) is 17.7 Å². The van der Waals surface area contributed by atoms with Crippen LogP contribution >= 0.6 is 0 Å². The predicted octanol–water partition coefficient (Wildman–Crippen LogP) is 3.53. The van der Waals surface area contributed by atoms with Gasteiger partial charge in [-0.2, -0.15) is 0 Å². The van der Waals surface area contributed by atoms with E-state index in [1.165, 1.54) is 37.1 Å². The highest BCUT2D eigenvalue weighted by atomic mass is 19.1. The minimum Gasteiger partial charge on any atom is -0.388 e. The van der Waals surface area contributed by atoms with Crippen molar-refractivity contribution in [2.75, 3.05) is 13.1 Å². The van der Waals surface area contributed by atoms with E-state index in [9.17, 15) is 14.3 Å². The first-order valence-corrected chi connectivity index (χ1v) is 10.0. The monoisotopic (exact) mass is 382 g/mol. The van der Waals surface area contributed by atoms with E-state index < -0.39 is 11.6 Å².